The Kier molecular flexibility index (Phi) is 63.1. The van der Waals surface area contributed by atoms with Crippen LogP contribution in [0.4, 0.5) is 0 Å². The first-order valence-electron chi connectivity index (χ1n) is 38.7. The lowest BCUT2D eigenvalue weighted by molar-refractivity contribution is -0.161. The lowest BCUT2D eigenvalue weighted by Crippen LogP contribution is -2.30. The molecule has 19 heteroatoms. The Morgan fingerprint density at radius 3 is 0.755 bits per heavy atom. The molecule has 0 radical (unpaired) electrons. The molecule has 0 saturated carbocycles. The Balaban J connectivity index is 5.25. The van der Waals surface area contributed by atoms with Crippen LogP contribution in [0.15, 0.2) is 0 Å². The topological polar surface area (TPSA) is 237 Å². The van der Waals surface area contributed by atoms with Crippen molar-refractivity contribution in [1.82, 2.24) is 0 Å². The summed E-state index contributed by atoms with van der Waals surface area (Å²) in [5, 5.41) is 10.6. The molecule has 0 aliphatic carbocycles. The zero-order valence-electron chi connectivity index (χ0n) is 61.6. The number of aliphatic hydroxyl groups excluding tert-OH is 1. The van der Waals surface area contributed by atoms with Crippen LogP contribution in [0.2, 0.25) is 0 Å². The maximum atomic E-state index is 13.1. The lowest BCUT2D eigenvalue weighted by Gasteiger charge is -2.21. The molecule has 17 nitrogen and oxygen atoms in total. The molecule has 0 aromatic heterocycles. The van der Waals surface area contributed by atoms with E-state index in [1.54, 1.807) is 0 Å². The van der Waals surface area contributed by atoms with Crippen molar-refractivity contribution in [2.75, 3.05) is 39.6 Å². The summed E-state index contributed by atoms with van der Waals surface area (Å²) in [7, 11) is -9.91. The number of aliphatic hydroxyl groups is 1. The zero-order valence-corrected chi connectivity index (χ0v) is 63.4. The van der Waals surface area contributed by atoms with E-state index in [2.05, 4.69) is 55.4 Å². The summed E-state index contributed by atoms with van der Waals surface area (Å²) >= 11 is 0. The summed E-state index contributed by atoms with van der Waals surface area (Å²) < 4.78 is 68.5. The highest BCUT2D eigenvalue weighted by molar-refractivity contribution is 7.47. The predicted molar refractivity (Wildman–Crippen MR) is 381 cm³/mol. The van der Waals surface area contributed by atoms with Crippen LogP contribution in [0.1, 0.15) is 376 Å². The highest BCUT2D eigenvalue weighted by Crippen LogP contribution is 2.45. The van der Waals surface area contributed by atoms with Gasteiger partial charge in [0.25, 0.3) is 0 Å². The van der Waals surface area contributed by atoms with Gasteiger partial charge in [-0.1, -0.05) is 325 Å². The van der Waals surface area contributed by atoms with Gasteiger partial charge in [0, 0.05) is 25.7 Å². The molecule has 0 saturated heterocycles. The van der Waals surface area contributed by atoms with Gasteiger partial charge in [0.15, 0.2) is 12.2 Å². The van der Waals surface area contributed by atoms with E-state index < -0.39 is 97.5 Å². The number of esters is 4. The average Bonchev–Trinajstić information content (AvgIpc) is 2.59. The molecule has 0 aromatic rings. The van der Waals surface area contributed by atoms with Gasteiger partial charge in [0.1, 0.15) is 19.3 Å². The number of phosphoric acid groups is 2. The first kappa shape index (κ1) is 92.1. The van der Waals surface area contributed by atoms with Crippen molar-refractivity contribution in [3.05, 3.63) is 0 Å². The first-order valence-corrected chi connectivity index (χ1v) is 41.7. The minimum absolute atomic E-state index is 0.106. The van der Waals surface area contributed by atoms with Gasteiger partial charge >= 0.3 is 39.5 Å². The number of unbranched alkanes of at least 4 members (excludes halogenated alkanes) is 37. The van der Waals surface area contributed by atoms with Crippen molar-refractivity contribution < 1.29 is 80.2 Å². The molecular formula is C75H146O17P2. The van der Waals surface area contributed by atoms with Gasteiger partial charge in [-0.2, -0.15) is 0 Å². The molecule has 6 atom stereocenters. The van der Waals surface area contributed by atoms with E-state index in [4.69, 9.17) is 37.0 Å². The number of carbonyl (C=O) groups is 4. The second-order valence-electron chi connectivity index (χ2n) is 28.7. The average molecular weight is 1380 g/mol. The third-order valence-corrected chi connectivity index (χ3v) is 19.6. The number of carbonyl (C=O) groups excluding carboxylic acids is 4. The second-order valence-corrected chi connectivity index (χ2v) is 31.6. The molecule has 0 aliphatic heterocycles. The molecule has 0 rings (SSSR count). The third kappa shape index (κ3) is 67.3. The Hall–Kier alpha value is -1.94. The fourth-order valence-corrected chi connectivity index (χ4v) is 12.9. The van der Waals surface area contributed by atoms with Gasteiger partial charge in [-0.15, -0.1) is 0 Å². The largest absolute Gasteiger partial charge is 0.472 e. The van der Waals surface area contributed by atoms with Crippen molar-refractivity contribution in [2.45, 2.75) is 395 Å². The number of rotatable bonds is 72. The second kappa shape index (κ2) is 64.4. The normalized spacial score (nSPS) is 14.4. The minimum atomic E-state index is -4.96. The van der Waals surface area contributed by atoms with E-state index >= 15 is 0 Å². The molecule has 0 fully saturated rings. The Labute approximate surface area is 575 Å². The molecule has 0 bridgehead atoms. The van der Waals surface area contributed by atoms with E-state index in [9.17, 15) is 43.2 Å². The van der Waals surface area contributed by atoms with E-state index in [0.717, 1.165) is 114 Å². The third-order valence-electron chi connectivity index (χ3n) is 17.7. The van der Waals surface area contributed by atoms with Gasteiger partial charge < -0.3 is 33.8 Å². The van der Waals surface area contributed by atoms with Crippen LogP contribution in [-0.2, 0) is 65.4 Å². The van der Waals surface area contributed by atoms with Crippen LogP contribution in [0.25, 0.3) is 0 Å². The SMILES string of the molecule is CCC(C)CCCCCCCCCCC(=O)OC[C@H](COP(=O)(O)OCC(O)COP(=O)(O)OC[C@@H](COC(=O)CCCCCCCCCC(C)C)OC(=O)CCCCCCCCCCCCCCCCC(C)C)OC(=O)CCCCCCCCCCCCCCC(C)C. The highest BCUT2D eigenvalue weighted by atomic mass is 31.2. The molecule has 0 aromatic carbocycles. The van der Waals surface area contributed by atoms with E-state index in [1.807, 2.05) is 0 Å². The van der Waals surface area contributed by atoms with Crippen molar-refractivity contribution in [3.8, 4) is 0 Å². The molecule has 94 heavy (non-hydrogen) atoms. The summed E-state index contributed by atoms with van der Waals surface area (Å²) in [6.45, 7) is 14.2. The van der Waals surface area contributed by atoms with Crippen molar-refractivity contribution in [1.29, 1.82) is 0 Å². The number of hydrogen-bond donors (Lipinski definition) is 3. The molecular weight excluding hydrogens is 1230 g/mol. The van der Waals surface area contributed by atoms with E-state index in [0.29, 0.717) is 31.6 Å². The maximum Gasteiger partial charge on any atom is 0.472 e. The van der Waals surface area contributed by atoms with Crippen molar-refractivity contribution in [2.24, 2.45) is 23.7 Å². The molecule has 0 spiro atoms. The van der Waals surface area contributed by atoms with E-state index in [-0.39, 0.29) is 25.7 Å². The van der Waals surface area contributed by atoms with Gasteiger partial charge in [-0.25, -0.2) is 9.13 Å². The zero-order chi connectivity index (χ0) is 69.6. The van der Waals surface area contributed by atoms with Crippen LogP contribution in [0.5, 0.6) is 0 Å². The molecule has 0 aliphatic rings. The predicted octanol–water partition coefficient (Wildman–Crippen LogP) is 21.7. The lowest BCUT2D eigenvalue weighted by atomic mass is 9.99. The summed E-state index contributed by atoms with van der Waals surface area (Å²) in [4.78, 5) is 72.8. The van der Waals surface area contributed by atoms with Crippen LogP contribution in [0.3, 0.4) is 0 Å². The standard InChI is InChI=1S/C75H146O17P2/c1-9-68(8)54-46-38-30-24-25-31-39-47-55-72(77)85-61-70(91-75(80)58-50-42-33-23-19-15-14-17-21-28-36-44-52-66(4)5)63-89-93(81,82)87-59-69(76)60-88-94(83,84)90-64-71(62-86-73(78)56-48-40-34-26-29-37-45-53-67(6)7)92-74(79)57-49-41-32-22-18-13-11-10-12-16-20-27-35-43-51-65(2)3/h65-71,76H,9-64H2,1-8H3,(H,81,82)(H,83,84)/t68?,69?,70-,71-/m1/s1. The van der Waals surface area contributed by atoms with Crippen molar-refractivity contribution >= 4 is 39.5 Å². The van der Waals surface area contributed by atoms with Gasteiger partial charge in [-0.3, -0.25) is 37.3 Å². The minimum Gasteiger partial charge on any atom is -0.462 e. The number of phosphoric ester groups is 2. The van der Waals surface area contributed by atoms with E-state index in [1.165, 1.54) is 173 Å². The quantitative estimate of drug-likeness (QED) is 0.0222. The summed E-state index contributed by atoms with van der Waals surface area (Å²) in [6.07, 6.45) is 48.6. The smallest absolute Gasteiger partial charge is 0.462 e. The molecule has 4 unspecified atom stereocenters. The van der Waals surface area contributed by atoms with Crippen molar-refractivity contribution in [3.63, 3.8) is 0 Å². The first-order chi connectivity index (χ1) is 45.1. The van der Waals surface area contributed by atoms with Crippen LogP contribution >= 0.6 is 15.6 Å². The maximum absolute atomic E-state index is 13.1. The number of ether oxygens (including phenoxy) is 4. The highest BCUT2D eigenvalue weighted by Gasteiger charge is 2.30. The molecule has 3 N–H and O–H groups in total. The monoisotopic (exact) mass is 1380 g/mol. The summed E-state index contributed by atoms with van der Waals surface area (Å²) in [5.41, 5.74) is 0. The Morgan fingerprint density at radius 1 is 0.298 bits per heavy atom. The molecule has 0 heterocycles. The van der Waals surface area contributed by atoms with Crippen LogP contribution in [-0.4, -0.2) is 96.7 Å². The van der Waals surface area contributed by atoms with Crippen LogP contribution in [0, 0.1) is 23.7 Å². The van der Waals surface area contributed by atoms with Gasteiger partial charge in [0.2, 0.25) is 0 Å². The molecule has 558 valence electrons. The number of hydrogen-bond acceptors (Lipinski definition) is 15. The van der Waals surface area contributed by atoms with Crippen LogP contribution < -0.4 is 0 Å². The Morgan fingerprint density at radius 2 is 0.511 bits per heavy atom. The summed E-state index contributed by atoms with van der Waals surface area (Å²) in [5.74, 6) is 0.932. The fourth-order valence-electron chi connectivity index (χ4n) is 11.3. The Bertz CT molecular complexity index is 1850. The fraction of sp³-hybridized carbons (Fsp3) is 0.947. The summed E-state index contributed by atoms with van der Waals surface area (Å²) in [6, 6.07) is 0. The van der Waals surface area contributed by atoms with Gasteiger partial charge in [0.05, 0.1) is 26.4 Å². The molecule has 0 amide bonds. The van der Waals surface area contributed by atoms with Gasteiger partial charge in [-0.05, 0) is 49.4 Å².